The van der Waals surface area contributed by atoms with E-state index in [1.54, 1.807) is 12.1 Å². The van der Waals surface area contributed by atoms with Crippen LogP contribution in [0.15, 0.2) is 55.8 Å². The highest BCUT2D eigenvalue weighted by atomic mass is 79.9. The van der Waals surface area contributed by atoms with Crippen molar-refractivity contribution in [2.45, 2.75) is 6.10 Å². The SMILES string of the molecule is OC(c1cc2cccc(Cl)c2o1)c1ccc(Br)cc1Br. The van der Waals surface area contributed by atoms with Crippen molar-refractivity contribution in [2.75, 3.05) is 0 Å². The molecule has 2 aromatic carbocycles. The molecule has 1 aromatic heterocycles. The lowest BCUT2D eigenvalue weighted by Gasteiger charge is -2.10. The Morgan fingerprint density at radius 3 is 2.60 bits per heavy atom. The van der Waals surface area contributed by atoms with Crippen LogP contribution in [-0.2, 0) is 0 Å². The lowest BCUT2D eigenvalue weighted by Crippen LogP contribution is -1.98. The second-order valence-corrected chi connectivity index (χ2v) is 6.55. The molecule has 0 saturated heterocycles. The summed E-state index contributed by atoms with van der Waals surface area (Å²) in [5.74, 6) is 0.469. The molecule has 0 spiro atoms. The van der Waals surface area contributed by atoms with Crippen LogP contribution in [0.25, 0.3) is 11.0 Å². The molecule has 0 aliphatic rings. The van der Waals surface area contributed by atoms with Gasteiger partial charge in [0.2, 0.25) is 0 Å². The summed E-state index contributed by atoms with van der Waals surface area (Å²) in [6, 6.07) is 12.9. The standard InChI is InChI=1S/C15H9Br2ClO2/c16-9-4-5-10(11(17)7-9)14(19)13-6-8-2-1-3-12(18)15(8)20-13/h1-7,14,19H. The molecule has 102 valence electrons. The largest absolute Gasteiger partial charge is 0.456 e. The molecule has 1 heterocycles. The van der Waals surface area contributed by atoms with Crippen LogP contribution in [0.2, 0.25) is 5.02 Å². The average Bonchev–Trinajstić information content (AvgIpc) is 2.83. The molecule has 2 nitrogen and oxygen atoms in total. The molecule has 1 unspecified atom stereocenters. The number of furan rings is 1. The fraction of sp³-hybridized carbons (Fsp3) is 0.0667. The predicted octanol–water partition coefficient (Wildman–Crippen LogP) is 5.69. The van der Waals surface area contributed by atoms with E-state index in [1.807, 2.05) is 30.3 Å². The molecule has 0 radical (unpaired) electrons. The van der Waals surface area contributed by atoms with Crippen molar-refractivity contribution in [1.29, 1.82) is 0 Å². The lowest BCUT2D eigenvalue weighted by atomic mass is 10.1. The molecule has 0 fully saturated rings. The smallest absolute Gasteiger partial charge is 0.153 e. The topological polar surface area (TPSA) is 33.4 Å². The van der Waals surface area contributed by atoms with Gasteiger partial charge in [-0.05, 0) is 24.3 Å². The van der Waals surface area contributed by atoms with Crippen molar-refractivity contribution in [3.8, 4) is 0 Å². The van der Waals surface area contributed by atoms with Gasteiger partial charge >= 0.3 is 0 Å². The second-order valence-electron chi connectivity index (χ2n) is 4.38. The molecule has 0 aliphatic heterocycles. The van der Waals surface area contributed by atoms with Gasteiger partial charge in [-0.15, -0.1) is 0 Å². The molecule has 20 heavy (non-hydrogen) atoms. The van der Waals surface area contributed by atoms with Gasteiger partial charge in [0, 0.05) is 19.9 Å². The summed E-state index contributed by atoms with van der Waals surface area (Å²) in [5, 5.41) is 11.9. The average molecular weight is 416 g/mol. The Balaban J connectivity index is 2.08. The zero-order valence-electron chi connectivity index (χ0n) is 10.1. The van der Waals surface area contributed by atoms with Crippen molar-refractivity contribution in [1.82, 2.24) is 0 Å². The molecule has 0 aliphatic carbocycles. The van der Waals surface area contributed by atoms with Crippen LogP contribution in [0.1, 0.15) is 17.4 Å². The molecule has 0 saturated carbocycles. The van der Waals surface area contributed by atoms with Gasteiger partial charge in [-0.25, -0.2) is 0 Å². The van der Waals surface area contributed by atoms with Crippen LogP contribution >= 0.6 is 43.5 Å². The maximum Gasteiger partial charge on any atom is 0.153 e. The van der Waals surface area contributed by atoms with Crippen LogP contribution in [0, 0.1) is 0 Å². The number of fused-ring (bicyclic) bond motifs is 1. The summed E-state index contributed by atoms with van der Waals surface area (Å²) in [4.78, 5) is 0. The third-order valence-electron chi connectivity index (χ3n) is 3.04. The Bertz CT molecular complexity index is 783. The summed E-state index contributed by atoms with van der Waals surface area (Å²) in [7, 11) is 0. The first-order valence-electron chi connectivity index (χ1n) is 5.87. The van der Waals surface area contributed by atoms with Crippen molar-refractivity contribution in [3.63, 3.8) is 0 Å². The third-order valence-corrected chi connectivity index (χ3v) is 4.52. The summed E-state index contributed by atoms with van der Waals surface area (Å²) in [6.07, 6.45) is -0.846. The van der Waals surface area contributed by atoms with Gasteiger partial charge < -0.3 is 9.52 Å². The normalized spacial score (nSPS) is 12.8. The van der Waals surface area contributed by atoms with E-state index in [1.165, 1.54) is 0 Å². The quantitative estimate of drug-likeness (QED) is 0.582. The number of rotatable bonds is 2. The van der Waals surface area contributed by atoms with Crippen LogP contribution in [0.5, 0.6) is 0 Å². The van der Waals surface area contributed by atoms with E-state index in [9.17, 15) is 5.11 Å². The van der Waals surface area contributed by atoms with Crippen molar-refractivity contribution < 1.29 is 9.52 Å². The molecule has 1 atom stereocenters. The van der Waals surface area contributed by atoms with Crippen molar-refractivity contribution in [2.24, 2.45) is 0 Å². The molecule has 3 rings (SSSR count). The monoisotopic (exact) mass is 414 g/mol. The number of aliphatic hydroxyl groups is 1. The van der Waals surface area contributed by atoms with E-state index in [0.717, 1.165) is 19.9 Å². The first-order valence-corrected chi connectivity index (χ1v) is 7.83. The Morgan fingerprint density at radius 2 is 1.90 bits per heavy atom. The van der Waals surface area contributed by atoms with E-state index in [2.05, 4.69) is 31.9 Å². The number of hydrogen-bond acceptors (Lipinski definition) is 2. The van der Waals surface area contributed by atoms with Gasteiger partial charge in [-0.3, -0.25) is 0 Å². The Hall–Kier alpha value is -0.810. The number of hydrogen-bond donors (Lipinski definition) is 1. The number of aliphatic hydroxyl groups excluding tert-OH is 1. The fourth-order valence-electron chi connectivity index (χ4n) is 2.06. The molecular formula is C15H9Br2ClO2. The van der Waals surface area contributed by atoms with Crippen LogP contribution in [-0.4, -0.2) is 5.11 Å². The summed E-state index contributed by atoms with van der Waals surface area (Å²) in [5.41, 5.74) is 1.33. The lowest BCUT2D eigenvalue weighted by molar-refractivity contribution is 0.191. The molecule has 0 bridgehead atoms. The maximum atomic E-state index is 10.5. The highest BCUT2D eigenvalue weighted by Crippen LogP contribution is 2.35. The van der Waals surface area contributed by atoms with Crippen molar-refractivity contribution >= 4 is 54.4 Å². The van der Waals surface area contributed by atoms with E-state index in [0.29, 0.717) is 16.4 Å². The van der Waals surface area contributed by atoms with Gasteiger partial charge in [0.1, 0.15) is 11.9 Å². The van der Waals surface area contributed by atoms with Gasteiger partial charge in [0.25, 0.3) is 0 Å². The van der Waals surface area contributed by atoms with Gasteiger partial charge in [-0.2, -0.15) is 0 Å². The van der Waals surface area contributed by atoms with Crippen molar-refractivity contribution in [3.05, 3.63) is 67.8 Å². The Kier molecular flexibility index (Phi) is 3.91. The summed E-state index contributed by atoms with van der Waals surface area (Å²) in [6.45, 7) is 0. The van der Waals surface area contributed by atoms with E-state index in [-0.39, 0.29) is 0 Å². The molecular weight excluding hydrogens is 407 g/mol. The molecule has 3 aromatic rings. The van der Waals surface area contributed by atoms with Crippen LogP contribution in [0.4, 0.5) is 0 Å². The zero-order valence-corrected chi connectivity index (χ0v) is 14.0. The minimum absolute atomic E-state index is 0.469. The highest BCUT2D eigenvalue weighted by Gasteiger charge is 2.19. The number of para-hydroxylation sites is 1. The van der Waals surface area contributed by atoms with Gasteiger partial charge in [0.15, 0.2) is 5.58 Å². The third kappa shape index (κ3) is 2.53. The molecule has 0 amide bonds. The van der Waals surface area contributed by atoms with Crippen LogP contribution < -0.4 is 0 Å². The zero-order chi connectivity index (χ0) is 14.3. The van der Waals surface area contributed by atoms with Crippen LogP contribution in [0.3, 0.4) is 0 Å². The van der Waals surface area contributed by atoms with E-state index in [4.69, 9.17) is 16.0 Å². The second kappa shape index (κ2) is 5.53. The van der Waals surface area contributed by atoms with E-state index < -0.39 is 6.10 Å². The van der Waals surface area contributed by atoms with Gasteiger partial charge in [-0.1, -0.05) is 61.7 Å². The first-order chi connectivity index (χ1) is 9.56. The number of benzene rings is 2. The highest BCUT2D eigenvalue weighted by molar-refractivity contribution is 9.11. The van der Waals surface area contributed by atoms with Gasteiger partial charge in [0.05, 0.1) is 5.02 Å². The fourth-order valence-corrected chi connectivity index (χ4v) is 3.54. The maximum absolute atomic E-state index is 10.5. The molecule has 5 heteroatoms. The minimum atomic E-state index is -0.846. The number of halogens is 3. The minimum Gasteiger partial charge on any atom is -0.456 e. The first kappa shape index (κ1) is 14.1. The summed E-state index contributed by atoms with van der Waals surface area (Å²) < 4.78 is 7.43. The molecule has 1 N–H and O–H groups in total. The predicted molar refractivity (Wildman–Crippen MR) is 87.1 cm³/mol. The van der Waals surface area contributed by atoms with E-state index >= 15 is 0 Å². The Labute approximate surface area is 137 Å². The summed E-state index contributed by atoms with van der Waals surface area (Å²) >= 11 is 12.9. The Morgan fingerprint density at radius 1 is 1.10 bits per heavy atom.